The number of nitrogens with one attached hydrogen (secondary N) is 2. The molecule has 1 aliphatic rings. The van der Waals surface area contributed by atoms with E-state index in [-0.39, 0.29) is 47.9 Å². The SMILES string of the molecule is Nc1nc(O)c2nc(CNc3ccc(C(=O)N[C@H](CCC(=O)O)C(=O)OC4/C=C/CCCCC4)cc3)cnc2n1. The minimum Gasteiger partial charge on any atom is -0.492 e. The van der Waals surface area contributed by atoms with Crippen LogP contribution < -0.4 is 16.4 Å². The summed E-state index contributed by atoms with van der Waals surface area (Å²) in [5, 5.41) is 24.8. The van der Waals surface area contributed by atoms with Crippen LogP contribution in [-0.2, 0) is 20.9 Å². The Labute approximate surface area is 229 Å². The van der Waals surface area contributed by atoms with Crippen molar-refractivity contribution in [3.05, 3.63) is 53.9 Å². The smallest absolute Gasteiger partial charge is 0.329 e. The average Bonchev–Trinajstić information content (AvgIpc) is 2.91. The number of aromatic hydroxyl groups is 1. The van der Waals surface area contributed by atoms with Crippen molar-refractivity contribution in [1.29, 1.82) is 0 Å². The van der Waals surface area contributed by atoms with Gasteiger partial charge in [-0.1, -0.05) is 12.5 Å². The summed E-state index contributed by atoms with van der Waals surface area (Å²) in [6, 6.07) is 5.40. The second-order valence-electron chi connectivity index (χ2n) is 9.37. The molecule has 0 radical (unpaired) electrons. The number of aromatic nitrogens is 4. The molecule has 0 aliphatic heterocycles. The molecule has 0 spiro atoms. The number of amides is 1. The van der Waals surface area contributed by atoms with Crippen molar-refractivity contribution in [2.45, 2.75) is 63.6 Å². The Morgan fingerprint density at radius 1 is 1.10 bits per heavy atom. The van der Waals surface area contributed by atoms with E-state index in [0.29, 0.717) is 17.8 Å². The van der Waals surface area contributed by atoms with Crippen LogP contribution in [0.4, 0.5) is 11.6 Å². The lowest BCUT2D eigenvalue weighted by atomic mass is 10.0. The number of rotatable bonds is 10. The lowest BCUT2D eigenvalue weighted by molar-refractivity contribution is -0.150. The van der Waals surface area contributed by atoms with Crippen molar-refractivity contribution >= 4 is 40.6 Å². The average molecular weight is 550 g/mol. The van der Waals surface area contributed by atoms with Crippen molar-refractivity contribution in [3.63, 3.8) is 0 Å². The van der Waals surface area contributed by atoms with Crippen LogP contribution in [0.1, 0.15) is 61.0 Å². The standard InChI is InChI=1S/C27H31N7O6/c28-27-33-23-22(25(38)34-27)31-18(15-30-23)14-29-17-10-8-16(9-11-17)24(37)32-20(12-13-21(35)36)26(39)40-19-6-4-2-1-3-5-7-19/h4,6,8-11,15,19-20,29H,1-3,5,7,12-14H2,(H,32,37)(H,35,36)(H3,28,30,33,34,38)/b6-4+/t19?,20-/m1/s1. The van der Waals surface area contributed by atoms with Crippen molar-refractivity contribution in [1.82, 2.24) is 25.3 Å². The van der Waals surface area contributed by atoms with Gasteiger partial charge in [-0.2, -0.15) is 9.97 Å². The molecule has 40 heavy (non-hydrogen) atoms. The maximum absolute atomic E-state index is 12.9. The molecule has 3 aromatic rings. The Morgan fingerprint density at radius 2 is 1.90 bits per heavy atom. The summed E-state index contributed by atoms with van der Waals surface area (Å²) in [5.41, 5.74) is 7.28. The van der Waals surface area contributed by atoms with Crippen LogP contribution in [0.3, 0.4) is 0 Å². The van der Waals surface area contributed by atoms with E-state index in [9.17, 15) is 19.5 Å². The number of carboxylic acids is 1. The Morgan fingerprint density at radius 3 is 2.67 bits per heavy atom. The van der Waals surface area contributed by atoms with Gasteiger partial charge < -0.3 is 31.3 Å². The topological polar surface area (TPSA) is 203 Å². The fourth-order valence-corrected chi connectivity index (χ4v) is 4.18. The van der Waals surface area contributed by atoms with Gasteiger partial charge >= 0.3 is 11.9 Å². The first-order valence-electron chi connectivity index (χ1n) is 13.0. The minimum atomic E-state index is -1.09. The highest BCUT2D eigenvalue weighted by Crippen LogP contribution is 2.19. The van der Waals surface area contributed by atoms with Crippen LogP contribution >= 0.6 is 0 Å². The van der Waals surface area contributed by atoms with E-state index in [1.165, 1.54) is 6.20 Å². The monoisotopic (exact) mass is 549 g/mol. The predicted octanol–water partition coefficient (Wildman–Crippen LogP) is 2.72. The first-order chi connectivity index (χ1) is 19.3. The van der Waals surface area contributed by atoms with Gasteiger partial charge in [0.2, 0.25) is 11.8 Å². The number of hydrogen-bond donors (Lipinski definition) is 5. The molecule has 13 heteroatoms. The third-order valence-electron chi connectivity index (χ3n) is 6.29. The van der Waals surface area contributed by atoms with E-state index >= 15 is 0 Å². The fraction of sp³-hybridized carbons (Fsp3) is 0.370. The number of aliphatic carboxylic acids is 1. The lowest BCUT2D eigenvalue weighted by Crippen LogP contribution is -2.43. The summed E-state index contributed by atoms with van der Waals surface area (Å²) in [6.07, 6.45) is 9.22. The second kappa shape index (κ2) is 13.3. The number of fused-ring (bicyclic) bond motifs is 1. The van der Waals surface area contributed by atoms with Crippen LogP contribution in [0, 0.1) is 0 Å². The number of carbonyl (C=O) groups is 3. The zero-order valence-corrected chi connectivity index (χ0v) is 21.7. The van der Waals surface area contributed by atoms with Crippen molar-refractivity contribution in [3.8, 4) is 5.88 Å². The number of nitrogen functional groups attached to an aromatic ring is 1. The van der Waals surface area contributed by atoms with Gasteiger partial charge in [0.25, 0.3) is 5.91 Å². The molecule has 210 valence electrons. The lowest BCUT2D eigenvalue weighted by Gasteiger charge is -2.21. The molecule has 0 saturated heterocycles. The molecular weight excluding hydrogens is 518 g/mol. The molecule has 2 atom stereocenters. The Hall–Kier alpha value is -4.81. The number of hydrogen-bond acceptors (Lipinski definition) is 11. The maximum atomic E-state index is 12.9. The summed E-state index contributed by atoms with van der Waals surface area (Å²) in [4.78, 5) is 52.9. The Kier molecular flexibility index (Phi) is 9.39. The summed E-state index contributed by atoms with van der Waals surface area (Å²) < 4.78 is 5.61. The Balaban J connectivity index is 1.36. The first-order valence-corrected chi connectivity index (χ1v) is 13.0. The van der Waals surface area contributed by atoms with Gasteiger partial charge in [-0.15, -0.1) is 0 Å². The second-order valence-corrected chi connectivity index (χ2v) is 9.37. The zero-order chi connectivity index (χ0) is 28.5. The molecule has 1 aliphatic carbocycles. The number of ether oxygens (including phenoxy) is 1. The molecule has 1 amide bonds. The van der Waals surface area contributed by atoms with Crippen molar-refractivity contribution in [2.24, 2.45) is 0 Å². The number of benzene rings is 1. The van der Waals surface area contributed by atoms with Crippen molar-refractivity contribution in [2.75, 3.05) is 11.1 Å². The fourth-order valence-electron chi connectivity index (χ4n) is 4.18. The highest BCUT2D eigenvalue weighted by molar-refractivity contribution is 5.97. The summed E-state index contributed by atoms with van der Waals surface area (Å²) >= 11 is 0. The molecule has 2 aromatic heterocycles. The van der Waals surface area contributed by atoms with Crippen LogP contribution in [0.25, 0.3) is 11.2 Å². The van der Waals surface area contributed by atoms with E-state index in [2.05, 4.69) is 30.6 Å². The maximum Gasteiger partial charge on any atom is 0.329 e. The van der Waals surface area contributed by atoms with Gasteiger partial charge in [0.1, 0.15) is 12.1 Å². The third kappa shape index (κ3) is 7.85. The van der Waals surface area contributed by atoms with E-state index in [4.69, 9.17) is 15.6 Å². The molecule has 1 aromatic carbocycles. The number of nitrogens with zero attached hydrogens (tertiary/aromatic N) is 4. The molecule has 13 nitrogen and oxygen atoms in total. The summed E-state index contributed by atoms with van der Waals surface area (Å²) in [6.45, 7) is 0.261. The van der Waals surface area contributed by atoms with Crippen molar-refractivity contribution < 1.29 is 29.3 Å². The molecule has 0 saturated carbocycles. The van der Waals surface area contributed by atoms with Gasteiger partial charge in [0, 0.05) is 17.7 Å². The van der Waals surface area contributed by atoms with Gasteiger partial charge in [0.05, 0.1) is 18.4 Å². The number of carbonyl (C=O) groups excluding carboxylic acids is 2. The number of nitrogens with two attached hydrogens (primary N) is 1. The quantitative estimate of drug-likeness (QED) is 0.183. The van der Waals surface area contributed by atoms with E-state index in [1.807, 2.05) is 12.2 Å². The molecular formula is C27H31N7O6. The first kappa shape index (κ1) is 28.2. The molecule has 6 N–H and O–H groups in total. The largest absolute Gasteiger partial charge is 0.492 e. The van der Waals surface area contributed by atoms with E-state index in [0.717, 1.165) is 25.7 Å². The van der Waals surface area contributed by atoms with Gasteiger partial charge in [-0.05, 0) is 62.4 Å². The molecule has 1 unspecified atom stereocenters. The van der Waals surface area contributed by atoms with Crippen LogP contribution in [0.15, 0.2) is 42.6 Å². The number of anilines is 2. The molecule has 0 fully saturated rings. The van der Waals surface area contributed by atoms with Crippen LogP contribution in [0.5, 0.6) is 5.88 Å². The van der Waals surface area contributed by atoms with Gasteiger partial charge in [0.15, 0.2) is 11.2 Å². The van der Waals surface area contributed by atoms with Crippen LogP contribution in [-0.4, -0.2) is 60.1 Å². The predicted molar refractivity (Wildman–Crippen MR) is 145 cm³/mol. The van der Waals surface area contributed by atoms with Gasteiger partial charge in [-0.3, -0.25) is 9.59 Å². The summed E-state index contributed by atoms with van der Waals surface area (Å²) in [7, 11) is 0. The summed E-state index contributed by atoms with van der Waals surface area (Å²) in [5.74, 6) is -2.72. The minimum absolute atomic E-state index is 0.0873. The number of esters is 1. The molecule has 4 rings (SSSR count). The normalized spacial score (nSPS) is 16.8. The van der Waals surface area contributed by atoms with E-state index < -0.39 is 30.0 Å². The highest BCUT2D eigenvalue weighted by Gasteiger charge is 2.26. The highest BCUT2D eigenvalue weighted by atomic mass is 16.5. The number of allylic oxidation sites excluding steroid dienone is 1. The van der Waals surface area contributed by atoms with E-state index in [1.54, 1.807) is 24.3 Å². The number of carboxylic acid groups (broad SMARTS) is 1. The molecule has 2 heterocycles. The zero-order valence-electron chi connectivity index (χ0n) is 21.7. The Bertz CT molecular complexity index is 1400. The third-order valence-corrected chi connectivity index (χ3v) is 6.29. The van der Waals surface area contributed by atoms with Crippen LogP contribution in [0.2, 0.25) is 0 Å². The van der Waals surface area contributed by atoms with Gasteiger partial charge in [-0.25, -0.2) is 14.8 Å². The molecule has 0 bridgehead atoms.